The van der Waals surface area contributed by atoms with Crippen molar-refractivity contribution in [2.75, 3.05) is 0 Å². The van der Waals surface area contributed by atoms with E-state index in [0.29, 0.717) is 0 Å². The Bertz CT molecular complexity index is 1570. The molecule has 168 valence electrons. The average molecular weight is 438 g/mol. The molecule has 3 aromatic carbocycles. The summed E-state index contributed by atoms with van der Waals surface area (Å²) in [6.07, 6.45) is 6.60. The van der Waals surface area contributed by atoms with Crippen LogP contribution in [0.5, 0.6) is 0 Å². The van der Waals surface area contributed by atoms with Crippen LogP contribution < -0.4 is 4.57 Å². The normalized spacial score (nSPS) is 17.2. The van der Waals surface area contributed by atoms with Crippen molar-refractivity contribution in [3.63, 3.8) is 0 Å². The molecular weight excluding hydrogens is 404 g/mol. The second-order valence-corrected chi connectivity index (χ2v) is 11.4. The summed E-state index contributed by atoms with van der Waals surface area (Å²) >= 11 is 0. The topological polar surface area (TPSA) is 21.9 Å². The van der Waals surface area contributed by atoms with Crippen molar-refractivity contribution in [2.45, 2.75) is 58.3 Å². The zero-order chi connectivity index (χ0) is 23.3. The third-order valence-electron chi connectivity index (χ3n) is 8.19. The first-order valence-corrected chi connectivity index (χ1v) is 12.0. The molecule has 0 amide bonds. The van der Waals surface area contributed by atoms with Crippen molar-refractivity contribution in [3.05, 3.63) is 65.5 Å². The maximum atomic E-state index is 6.91. The van der Waals surface area contributed by atoms with E-state index in [1.54, 1.807) is 0 Å². The monoisotopic (exact) mass is 437 g/mol. The Morgan fingerprint density at radius 2 is 1.55 bits per heavy atom. The van der Waals surface area contributed by atoms with Gasteiger partial charge in [-0.15, -0.1) is 0 Å². The molecule has 0 radical (unpaired) electrons. The lowest BCUT2D eigenvalue weighted by Gasteiger charge is -2.42. The van der Waals surface area contributed by atoms with Crippen molar-refractivity contribution < 1.29 is 8.98 Å². The van der Waals surface area contributed by atoms with Crippen molar-refractivity contribution in [1.82, 2.24) is 4.57 Å². The van der Waals surface area contributed by atoms with E-state index in [-0.39, 0.29) is 10.8 Å². The average Bonchev–Trinajstić information content (AvgIpc) is 3.30. The number of aromatic nitrogens is 2. The van der Waals surface area contributed by atoms with Crippen molar-refractivity contribution in [2.24, 2.45) is 14.1 Å². The largest absolute Gasteiger partial charge is 0.454 e. The summed E-state index contributed by atoms with van der Waals surface area (Å²) in [6.45, 7) is 11.8. The van der Waals surface area contributed by atoms with Crippen LogP contribution in [0, 0.1) is 6.92 Å². The van der Waals surface area contributed by atoms with Crippen LogP contribution in [0.4, 0.5) is 0 Å². The fraction of sp³-hybridized carbons (Fsp3) is 0.367. The van der Waals surface area contributed by atoms with Gasteiger partial charge in [0.2, 0.25) is 0 Å². The van der Waals surface area contributed by atoms with Gasteiger partial charge in [0.15, 0.2) is 5.58 Å². The second-order valence-electron chi connectivity index (χ2n) is 11.4. The van der Waals surface area contributed by atoms with Crippen LogP contribution >= 0.6 is 0 Å². The Morgan fingerprint density at radius 3 is 2.27 bits per heavy atom. The van der Waals surface area contributed by atoms with Crippen LogP contribution in [0.3, 0.4) is 0 Å². The van der Waals surface area contributed by atoms with Gasteiger partial charge in [0, 0.05) is 16.2 Å². The summed E-state index contributed by atoms with van der Waals surface area (Å²) in [4.78, 5) is 0. The Morgan fingerprint density at radius 1 is 0.879 bits per heavy atom. The highest BCUT2D eigenvalue weighted by Gasteiger charge is 2.39. The fourth-order valence-electron chi connectivity index (χ4n) is 6.18. The van der Waals surface area contributed by atoms with Gasteiger partial charge in [-0.25, -0.2) is 9.13 Å². The molecule has 0 atom stereocenters. The molecule has 0 saturated carbocycles. The maximum absolute atomic E-state index is 6.91. The smallest absolute Gasteiger partial charge is 0.292 e. The molecule has 2 aromatic heterocycles. The maximum Gasteiger partial charge on any atom is 0.292 e. The Labute approximate surface area is 195 Å². The Hall–Kier alpha value is -3.07. The van der Waals surface area contributed by atoms with E-state index in [1.165, 1.54) is 56.6 Å². The Balaban J connectivity index is 1.81. The third-order valence-corrected chi connectivity index (χ3v) is 8.19. The van der Waals surface area contributed by atoms with Gasteiger partial charge < -0.3 is 4.42 Å². The Kier molecular flexibility index (Phi) is 4.04. The molecule has 0 unspecified atom stereocenters. The number of hydrogen-bond donors (Lipinski definition) is 0. The lowest BCUT2D eigenvalue weighted by molar-refractivity contribution is -0.659. The van der Waals surface area contributed by atoms with Gasteiger partial charge in [0.05, 0.1) is 14.1 Å². The molecule has 2 heterocycles. The van der Waals surface area contributed by atoms with Gasteiger partial charge in [0.1, 0.15) is 23.5 Å². The first-order valence-electron chi connectivity index (χ1n) is 12.0. The molecule has 33 heavy (non-hydrogen) atoms. The zero-order valence-corrected chi connectivity index (χ0v) is 20.8. The van der Waals surface area contributed by atoms with E-state index in [9.17, 15) is 0 Å². The molecule has 1 aliphatic rings. The zero-order valence-electron chi connectivity index (χ0n) is 20.8. The number of imidazole rings is 1. The number of fused-ring (bicyclic) bond motifs is 7. The summed E-state index contributed by atoms with van der Waals surface area (Å²) in [7, 11) is 4.21. The van der Waals surface area contributed by atoms with E-state index >= 15 is 0 Å². The third kappa shape index (κ3) is 2.71. The lowest BCUT2D eigenvalue weighted by Crippen LogP contribution is -2.34. The van der Waals surface area contributed by atoms with Crippen LogP contribution in [0.15, 0.2) is 53.2 Å². The van der Waals surface area contributed by atoms with E-state index in [2.05, 4.69) is 107 Å². The van der Waals surface area contributed by atoms with E-state index in [1.807, 2.05) is 0 Å². The first-order chi connectivity index (χ1) is 15.6. The minimum absolute atomic E-state index is 0.112. The second kappa shape index (κ2) is 6.50. The standard InChI is InChI=1S/C30H33N2O/c1-18-8-11-20-21-12-9-19-10-13-22-25(30(4,5)15-14-29(22,2)3)24(19)27(21)33-26(20)23(18)28-31(6)16-17-32(28)7/h8-13,16-17H,14-15H2,1-7H3/q+1. The number of hydrogen-bond acceptors (Lipinski definition) is 1. The van der Waals surface area contributed by atoms with Crippen LogP contribution in [0.1, 0.15) is 57.2 Å². The molecule has 0 bridgehead atoms. The number of rotatable bonds is 1. The lowest BCUT2D eigenvalue weighted by atomic mass is 9.62. The van der Waals surface area contributed by atoms with Crippen LogP contribution in [0.25, 0.3) is 44.1 Å². The molecule has 3 nitrogen and oxygen atoms in total. The van der Waals surface area contributed by atoms with E-state index in [0.717, 1.165) is 17.0 Å². The quantitative estimate of drug-likeness (QED) is 0.254. The number of benzene rings is 3. The number of nitrogens with zero attached hydrogens (tertiary/aromatic N) is 2. The van der Waals surface area contributed by atoms with Gasteiger partial charge in [-0.3, -0.25) is 0 Å². The van der Waals surface area contributed by atoms with E-state index in [4.69, 9.17) is 4.42 Å². The van der Waals surface area contributed by atoms with Crippen LogP contribution in [-0.4, -0.2) is 4.57 Å². The highest BCUT2D eigenvalue weighted by Crippen LogP contribution is 2.50. The van der Waals surface area contributed by atoms with E-state index < -0.39 is 0 Å². The van der Waals surface area contributed by atoms with Crippen molar-refractivity contribution in [3.8, 4) is 11.4 Å². The van der Waals surface area contributed by atoms with Gasteiger partial charge in [-0.1, -0.05) is 58.0 Å². The highest BCUT2D eigenvalue weighted by molar-refractivity contribution is 6.18. The van der Waals surface area contributed by atoms with Gasteiger partial charge in [0.25, 0.3) is 5.82 Å². The fourth-order valence-corrected chi connectivity index (χ4v) is 6.18. The highest BCUT2D eigenvalue weighted by atomic mass is 16.3. The predicted octanol–water partition coefficient (Wildman–Crippen LogP) is 7.23. The number of furan rings is 1. The van der Waals surface area contributed by atoms with Gasteiger partial charge in [-0.05, 0) is 58.7 Å². The molecular formula is C30H33N2O+. The summed E-state index contributed by atoms with van der Waals surface area (Å²) in [5.74, 6) is 1.16. The summed E-state index contributed by atoms with van der Waals surface area (Å²) in [6, 6.07) is 13.7. The molecule has 5 aromatic rings. The molecule has 1 aliphatic carbocycles. The first kappa shape index (κ1) is 20.5. The minimum atomic E-state index is 0.112. The molecule has 0 saturated heterocycles. The summed E-state index contributed by atoms with van der Waals surface area (Å²) in [5.41, 5.74) is 7.66. The summed E-state index contributed by atoms with van der Waals surface area (Å²) < 4.78 is 11.3. The van der Waals surface area contributed by atoms with Gasteiger partial charge in [-0.2, -0.15) is 0 Å². The SMILES string of the molecule is Cc1ccc2c(oc3c2ccc2ccc4c(c23)C(C)(C)CCC4(C)C)c1-c1n(C)cc[n+]1C. The molecule has 0 fully saturated rings. The van der Waals surface area contributed by atoms with Crippen molar-refractivity contribution in [1.29, 1.82) is 0 Å². The minimum Gasteiger partial charge on any atom is -0.454 e. The molecule has 0 aliphatic heterocycles. The molecule has 0 N–H and O–H groups in total. The number of aryl methyl sites for hydroxylation is 3. The molecule has 0 spiro atoms. The molecule has 3 heteroatoms. The van der Waals surface area contributed by atoms with Crippen molar-refractivity contribution >= 4 is 32.7 Å². The van der Waals surface area contributed by atoms with Gasteiger partial charge >= 0.3 is 0 Å². The van der Waals surface area contributed by atoms with Crippen LogP contribution in [0.2, 0.25) is 0 Å². The predicted molar refractivity (Wildman–Crippen MR) is 137 cm³/mol. The summed E-state index contributed by atoms with van der Waals surface area (Å²) in [5, 5.41) is 4.98. The molecule has 6 rings (SSSR count). The van der Waals surface area contributed by atoms with Crippen LogP contribution in [-0.2, 0) is 24.9 Å².